The van der Waals surface area contributed by atoms with E-state index in [0.29, 0.717) is 12.3 Å². The van der Waals surface area contributed by atoms with Crippen molar-refractivity contribution in [3.05, 3.63) is 48.5 Å². The number of rotatable bonds is 13. The molecule has 0 radical (unpaired) electrons. The van der Waals surface area contributed by atoms with Gasteiger partial charge < -0.3 is 20.7 Å². The predicted octanol–water partition coefficient (Wildman–Crippen LogP) is 5.68. The number of carbonyl (C=O) groups excluding carboxylic acids is 2. The molecule has 2 rings (SSSR count). The Morgan fingerprint density at radius 2 is 1.39 bits per heavy atom. The van der Waals surface area contributed by atoms with Crippen molar-refractivity contribution < 1.29 is 14.3 Å². The number of nitrogens with one attached hydrogen (secondary N) is 3. The summed E-state index contributed by atoms with van der Waals surface area (Å²) < 4.78 is 5.72. The maximum atomic E-state index is 12.2. The highest BCUT2D eigenvalue weighted by atomic mass is 16.5. The second-order valence-corrected chi connectivity index (χ2v) is 8.06. The minimum absolute atomic E-state index is 0.00278. The number of carbonyl (C=O) groups is 2. The first-order valence-electron chi connectivity index (χ1n) is 11.1. The highest BCUT2D eigenvalue weighted by Gasteiger charge is 2.06. The molecule has 0 unspecified atom stereocenters. The molecule has 6 heteroatoms. The Kier molecular flexibility index (Phi) is 10.4. The van der Waals surface area contributed by atoms with Crippen molar-refractivity contribution in [3.8, 4) is 5.75 Å². The molecule has 0 spiro atoms. The van der Waals surface area contributed by atoms with Crippen molar-refractivity contribution in [1.82, 2.24) is 0 Å². The third-order valence-corrected chi connectivity index (χ3v) is 4.62. The molecule has 0 aromatic heterocycles. The number of ether oxygens (including phenoxy) is 1. The van der Waals surface area contributed by atoms with E-state index in [4.69, 9.17) is 4.74 Å². The van der Waals surface area contributed by atoms with Gasteiger partial charge in [-0.05, 0) is 60.9 Å². The van der Waals surface area contributed by atoms with E-state index >= 15 is 0 Å². The van der Waals surface area contributed by atoms with Crippen LogP contribution in [0.5, 0.6) is 5.75 Å². The summed E-state index contributed by atoms with van der Waals surface area (Å²) in [5, 5.41) is 8.82. The Morgan fingerprint density at radius 1 is 0.806 bits per heavy atom. The molecule has 0 fully saturated rings. The van der Waals surface area contributed by atoms with Crippen LogP contribution in [-0.2, 0) is 9.59 Å². The Morgan fingerprint density at radius 3 is 2.00 bits per heavy atom. The Labute approximate surface area is 185 Å². The van der Waals surface area contributed by atoms with Crippen LogP contribution in [0.25, 0.3) is 0 Å². The van der Waals surface area contributed by atoms with Crippen molar-refractivity contribution in [1.29, 1.82) is 0 Å². The quantitative estimate of drug-likeness (QED) is 0.361. The second-order valence-electron chi connectivity index (χ2n) is 8.06. The molecule has 0 aliphatic rings. The van der Waals surface area contributed by atoms with Crippen molar-refractivity contribution in [2.75, 3.05) is 29.1 Å². The fourth-order valence-corrected chi connectivity index (χ4v) is 3.00. The Bertz CT molecular complexity index is 802. The minimum atomic E-state index is -0.137. The van der Waals surface area contributed by atoms with Crippen LogP contribution in [0, 0.1) is 5.92 Å². The van der Waals surface area contributed by atoms with E-state index in [1.165, 1.54) is 19.3 Å². The minimum Gasteiger partial charge on any atom is -0.494 e. The lowest BCUT2D eigenvalue weighted by Crippen LogP contribution is -2.21. The van der Waals surface area contributed by atoms with Gasteiger partial charge in [0.25, 0.3) is 0 Å². The molecule has 0 atom stereocenters. The van der Waals surface area contributed by atoms with Gasteiger partial charge in [-0.25, -0.2) is 0 Å². The summed E-state index contributed by atoms with van der Waals surface area (Å²) in [6, 6.07) is 14.7. The smallest absolute Gasteiger partial charge is 0.243 e. The number of hydrogen-bond donors (Lipinski definition) is 3. The molecule has 3 N–H and O–H groups in total. The van der Waals surface area contributed by atoms with Gasteiger partial charge in [-0.3, -0.25) is 9.59 Å². The predicted molar refractivity (Wildman–Crippen MR) is 128 cm³/mol. The summed E-state index contributed by atoms with van der Waals surface area (Å²) in [6.07, 6.45) is 5.19. The monoisotopic (exact) mass is 425 g/mol. The molecule has 31 heavy (non-hydrogen) atoms. The summed E-state index contributed by atoms with van der Waals surface area (Å²) in [5.41, 5.74) is 2.28. The molecule has 0 saturated heterocycles. The summed E-state index contributed by atoms with van der Waals surface area (Å²) in [6.45, 7) is 7.07. The van der Waals surface area contributed by atoms with Gasteiger partial charge in [0.1, 0.15) is 5.75 Å². The van der Waals surface area contributed by atoms with Crippen LogP contribution in [0.1, 0.15) is 52.9 Å². The van der Waals surface area contributed by atoms with Gasteiger partial charge in [-0.1, -0.05) is 40.0 Å². The fraction of sp³-hybridized carbons (Fsp3) is 0.440. The van der Waals surface area contributed by atoms with E-state index in [2.05, 4.69) is 22.9 Å². The highest BCUT2D eigenvalue weighted by Crippen LogP contribution is 2.17. The molecule has 0 aliphatic heterocycles. The highest BCUT2D eigenvalue weighted by molar-refractivity contribution is 5.94. The number of anilines is 3. The van der Waals surface area contributed by atoms with Crippen LogP contribution in [0.4, 0.5) is 17.1 Å². The number of benzene rings is 2. The van der Waals surface area contributed by atoms with Crippen LogP contribution in [0.2, 0.25) is 0 Å². The zero-order valence-electron chi connectivity index (χ0n) is 18.9. The number of hydrogen-bond acceptors (Lipinski definition) is 4. The molecule has 0 bridgehead atoms. The Balaban J connectivity index is 1.71. The van der Waals surface area contributed by atoms with Crippen LogP contribution in [0.15, 0.2) is 48.5 Å². The zero-order valence-corrected chi connectivity index (χ0v) is 18.9. The van der Waals surface area contributed by atoms with Gasteiger partial charge in [0.2, 0.25) is 11.8 Å². The lowest BCUT2D eigenvalue weighted by atomic mass is 10.1. The van der Waals surface area contributed by atoms with E-state index in [9.17, 15) is 9.59 Å². The summed E-state index contributed by atoms with van der Waals surface area (Å²) >= 11 is 0. The third-order valence-electron chi connectivity index (χ3n) is 4.62. The van der Waals surface area contributed by atoms with Gasteiger partial charge >= 0.3 is 0 Å². The van der Waals surface area contributed by atoms with E-state index in [0.717, 1.165) is 35.8 Å². The number of unbranched alkanes of at least 4 members (excludes halogenated alkanes) is 3. The Hall–Kier alpha value is -3.02. The molecule has 0 aliphatic carbocycles. The van der Waals surface area contributed by atoms with E-state index in [1.54, 1.807) is 0 Å². The van der Waals surface area contributed by atoms with Gasteiger partial charge in [0.05, 0.1) is 13.2 Å². The molecular formula is C25H35N3O3. The van der Waals surface area contributed by atoms with Crippen molar-refractivity contribution in [2.24, 2.45) is 5.92 Å². The first-order chi connectivity index (χ1) is 15.0. The maximum Gasteiger partial charge on any atom is 0.243 e. The third kappa shape index (κ3) is 10.0. The van der Waals surface area contributed by atoms with Crippen molar-refractivity contribution in [2.45, 2.75) is 52.9 Å². The van der Waals surface area contributed by atoms with E-state index in [-0.39, 0.29) is 18.4 Å². The lowest BCUT2D eigenvalue weighted by Gasteiger charge is -2.11. The molecule has 168 valence electrons. The average molecular weight is 426 g/mol. The summed E-state index contributed by atoms with van der Waals surface area (Å²) in [5.74, 6) is 0.998. The standard InChI is InChI=1S/C25H35N3O3/c1-4-5-6-7-16-31-23-14-12-22(13-15-23)28-25(30)18-26-20-8-10-21(11-9-20)27-24(29)17-19(2)3/h8-15,19,26H,4-7,16-18H2,1-3H3,(H,27,29)(H,28,30). The van der Waals surface area contributed by atoms with E-state index in [1.807, 2.05) is 62.4 Å². The van der Waals surface area contributed by atoms with Crippen LogP contribution in [0.3, 0.4) is 0 Å². The van der Waals surface area contributed by atoms with Crippen molar-refractivity contribution >= 4 is 28.9 Å². The SMILES string of the molecule is CCCCCCOc1ccc(NC(=O)CNc2ccc(NC(=O)CC(C)C)cc2)cc1. The number of amides is 2. The van der Waals surface area contributed by atoms with E-state index < -0.39 is 0 Å². The molecular weight excluding hydrogens is 390 g/mol. The first kappa shape index (κ1) is 24.3. The lowest BCUT2D eigenvalue weighted by molar-refractivity contribution is -0.117. The molecule has 2 amide bonds. The van der Waals surface area contributed by atoms with Gasteiger partial charge in [-0.15, -0.1) is 0 Å². The molecule has 2 aromatic carbocycles. The fourth-order valence-electron chi connectivity index (χ4n) is 3.00. The normalized spacial score (nSPS) is 10.6. The van der Waals surface area contributed by atoms with Gasteiger partial charge in [0, 0.05) is 23.5 Å². The largest absolute Gasteiger partial charge is 0.494 e. The molecule has 2 aromatic rings. The van der Waals surface area contributed by atoms with Gasteiger partial charge in [0.15, 0.2) is 0 Å². The summed E-state index contributed by atoms with van der Waals surface area (Å²) in [4.78, 5) is 24.0. The van der Waals surface area contributed by atoms with Crippen LogP contribution in [-0.4, -0.2) is 25.0 Å². The molecule has 6 nitrogen and oxygen atoms in total. The molecule has 0 heterocycles. The van der Waals surface area contributed by atoms with Crippen LogP contribution >= 0.6 is 0 Å². The molecule has 0 saturated carbocycles. The summed E-state index contributed by atoms with van der Waals surface area (Å²) in [7, 11) is 0. The van der Waals surface area contributed by atoms with Gasteiger partial charge in [-0.2, -0.15) is 0 Å². The van der Waals surface area contributed by atoms with Crippen LogP contribution < -0.4 is 20.7 Å². The van der Waals surface area contributed by atoms with Crippen molar-refractivity contribution in [3.63, 3.8) is 0 Å². The second kappa shape index (κ2) is 13.3. The first-order valence-corrected chi connectivity index (χ1v) is 11.1. The topological polar surface area (TPSA) is 79.5 Å². The average Bonchev–Trinajstić information content (AvgIpc) is 2.74. The maximum absolute atomic E-state index is 12.2. The zero-order chi connectivity index (χ0) is 22.5.